The number of methoxy groups -OCH3 is 1. The van der Waals surface area contributed by atoms with Gasteiger partial charge in [-0.1, -0.05) is 43.2 Å². The molecule has 0 saturated heterocycles. The zero-order valence-electron chi connectivity index (χ0n) is 16.5. The molecule has 0 aliphatic heterocycles. The Labute approximate surface area is 160 Å². The lowest BCUT2D eigenvalue weighted by atomic mass is 9.70. The van der Waals surface area contributed by atoms with E-state index in [-0.39, 0.29) is 12.2 Å². The van der Waals surface area contributed by atoms with Crippen LogP contribution in [0.5, 0.6) is 0 Å². The van der Waals surface area contributed by atoms with Crippen LogP contribution in [0.25, 0.3) is 0 Å². The lowest BCUT2D eigenvalue weighted by Gasteiger charge is -2.37. The van der Waals surface area contributed by atoms with Crippen LogP contribution >= 0.6 is 0 Å². The summed E-state index contributed by atoms with van der Waals surface area (Å²) in [6, 6.07) is 8.20. The van der Waals surface area contributed by atoms with Crippen LogP contribution in [0.3, 0.4) is 0 Å². The molecule has 1 aliphatic rings. The minimum Gasteiger partial charge on any atom is -0.468 e. The summed E-state index contributed by atoms with van der Waals surface area (Å²) in [5.41, 5.74) is -1.48. The maximum Gasteiger partial charge on any atom is 0.408 e. The monoisotopic (exact) mass is 375 g/mol. The highest BCUT2D eigenvalue weighted by molar-refractivity contribution is 6.05. The molecule has 0 heterocycles. The zero-order chi connectivity index (χ0) is 20.1. The van der Waals surface area contributed by atoms with Crippen molar-refractivity contribution >= 4 is 17.8 Å². The minimum atomic E-state index is -1.45. The first-order chi connectivity index (χ1) is 12.7. The van der Waals surface area contributed by atoms with Crippen molar-refractivity contribution in [2.75, 3.05) is 7.11 Å². The molecule has 27 heavy (non-hydrogen) atoms. The second-order valence-corrected chi connectivity index (χ2v) is 7.94. The van der Waals surface area contributed by atoms with E-state index in [1.165, 1.54) is 7.11 Å². The fourth-order valence-electron chi connectivity index (χ4n) is 3.61. The SMILES string of the molecule is COC(=O)[C@@]1([C@H](NC(=O)OC(C)(C)C)c2ccccc2)CCCCCC1=O. The Morgan fingerprint density at radius 1 is 1.11 bits per heavy atom. The lowest BCUT2D eigenvalue weighted by molar-refractivity contribution is -0.161. The zero-order valence-corrected chi connectivity index (χ0v) is 16.5. The maximum atomic E-state index is 13.1. The highest BCUT2D eigenvalue weighted by atomic mass is 16.6. The summed E-state index contributed by atoms with van der Waals surface area (Å²) in [4.78, 5) is 38.6. The summed E-state index contributed by atoms with van der Waals surface area (Å²) in [5, 5.41) is 2.79. The molecule has 0 unspecified atom stereocenters. The molecule has 0 bridgehead atoms. The van der Waals surface area contributed by atoms with Crippen LogP contribution < -0.4 is 5.32 Å². The van der Waals surface area contributed by atoms with E-state index < -0.39 is 29.1 Å². The summed E-state index contributed by atoms with van der Waals surface area (Å²) in [6.07, 6.45) is 2.24. The van der Waals surface area contributed by atoms with E-state index in [0.29, 0.717) is 18.4 Å². The Balaban J connectivity index is 2.52. The molecule has 148 valence electrons. The van der Waals surface area contributed by atoms with Gasteiger partial charge in [0.05, 0.1) is 13.2 Å². The molecule has 1 fully saturated rings. The van der Waals surface area contributed by atoms with Gasteiger partial charge in [-0.3, -0.25) is 9.59 Å². The van der Waals surface area contributed by atoms with Crippen LogP contribution in [0.15, 0.2) is 30.3 Å². The van der Waals surface area contributed by atoms with E-state index in [2.05, 4.69) is 5.32 Å². The molecule has 6 heteroatoms. The fraction of sp³-hybridized carbons (Fsp3) is 0.571. The average molecular weight is 375 g/mol. The second-order valence-electron chi connectivity index (χ2n) is 7.94. The smallest absolute Gasteiger partial charge is 0.408 e. The number of esters is 1. The molecule has 2 atom stereocenters. The van der Waals surface area contributed by atoms with E-state index in [1.807, 2.05) is 18.2 Å². The van der Waals surface area contributed by atoms with Gasteiger partial charge in [-0.2, -0.15) is 0 Å². The molecule has 0 aromatic heterocycles. The third-order valence-electron chi connectivity index (χ3n) is 4.81. The summed E-state index contributed by atoms with van der Waals surface area (Å²) in [6.45, 7) is 5.28. The topological polar surface area (TPSA) is 81.7 Å². The number of alkyl carbamates (subject to hydrolysis) is 1. The predicted octanol–water partition coefficient (Wildman–Crippen LogP) is 3.95. The van der Waals surface area contributed by atoms with Gasteiger partial charge in [-0.15, -0.1) is 0 Å². The van der Waals surface area contributed by atoms with Gasteiger partial charge >= 0.3 is 12.1 Å². The van der Waals surface area contributed by atoms with Crippen LogP contribution in [0.2, 0.25) is 0 Å². The molecule has 0 radical (unpaired) electrons. The lowest BCUT2D eigenvalue weighted by Crippen LogP contribution is -2.51. The summed E-state index contributed by atoms with van der Waals surface area (Å²) in [5.74, 6) is -0.809. The maximum absolute atomic E-state index is 13.1. The fourth-order valence-corrected chi connectivity index (χ4v) is 3.61. The normalized spacial score (nSPS) is 21.7. The predicted molar refractivity (Wildman–Crippen MR) is 101 cm³/mol. The van der Waals surface area contributed by atoms with Crippen molar-refractivity contribution in [1.82, 2.24) is 5.32 Å². The third kappa shape index (κ3) is 4.87. The highest BCUT2D eigenvalue weighted by Crippen LogP contribution is 2.44. The average Bonchev–Trinajstić information content (AvgIpc) is 2.80. The largest absolute Gasteiger partial charge is 0.468 e. The third-order valence-corrected chi connectivity index (χ3v) is 4.81. The highest BCUT2D eigenvalue weighted by Gasteiger charge is 2.54. The van der Waals surface area contributed by atoms with Crippen molar-refractivity contribution in [2.24, 2.45) is 5.41 Å². The van der Waals surface area contributed by atoms with Crippen LogP contribution in [0.4, 0.5) is 4.79 Å². The Morgan fingerprint density at radius 3 is 2.37 bits per heavy atom. The van der Waals surface area contributed by atoms with Crippen molar-refractivity contribution in [2.45, 2.75) is 64.5 Å². The molecule has 1 N–H and O–H groups in total. The first-order valence-electron chi connectivity index (χ1n) is 9.37. The van der Waals surface area contributed by atoms with Gasteiger partial charge in [0, 0.05) is 6.42 Å². The van der Waals surface area contributed by atoms with E-state index in [4.69, 9.17) is 9.47 Å². The molecule has 1 aromatic carbocycles. The van der Waals surface area contributed by atoms with E-state index in [0.717, 1.165) is 12.8 Å². The van der Waals surface area contributed by atoms with Crippen LogP contribution in [-0.2, 0) is 19.1 Å². The van der Waals surface area contributed by atoms with Crippen molar-refractivity contribution in [1.29, 1.82) is 0 Å². The number of hydrogen-bond donors (Lipinski definition) is 1. The summed E-state index contributed by atoms with van der Waals surface area (Å²) >= 11 is 0. The van der Waals surface area contributed by atoms with Crippen LogP contribution in [-0.4, -0.2) is 30.6 Å². The number of nitrogens with one attached hydrogen (secondary N) is 1. The Morgan fingerprint density at radius 2 is 1.78 bits per heavy atom. The van der Waals surface area contributed by atoms with E-state index in [1.54, 1.807) is 32.9 Å². The van der Waals surface area contributed by atoms with Crippen molar-refractivity contribution < 1.29 is 23.9 Å². The molecular weight excluding hydrogens is 346 g/mol. The van der Waals surface area contributed by atoms with Crippen molar-refractivity contribution in [3.05, 3.63) is 35.9 Å². The molecule has 6 nitrogen and oxygen atoms in total. The van der Waals surface area contributed by atoms with E-state index >= 15 is 0 Å². The van der Waals surface area contributed by atoms with Crippen LogP contribution in [0, 0.1) is 5.41 Å². The van der Waals surface area contributed by atoms with Crippen molar-refractivity contribution in [3.63, 3.8) is 0 Å². The van der Waals surface area contributed by atoms with Crippen molar-refractivity contribution in [3.8, 4) is 0 Å². The van der Waals surface area contributed by atoms with Gasteiger partial charge in [0.15, 0.2) is 11.2 Å². The van der Waals surface area contributed by atoms with Gasteiger partial charge in [0.1, 0.15) is 5.60 Å². The van der Waals surface area contributed by atoms with Gasteiger partial charge in [-0.05, 0) is 39.2 Å². The van der Waals surface area contributed by atoms with Crippen LogP contribution in [0.1, 0.15) is 64.5 Å². The molecule has 1 aliphatic carbocycles. The molecular formula is C21H29NO5. The van der Waals surface area contributed by atoms with Gasteiger partial charge < -0.3 is 14.8 Å². The van der Waals surface area contributed by atoms with Gasteiger partial charge in [0.2, 0.25) is 0 Å². The number of carbonyl (C=O) groups is 3. The number of benzene rings is 1. The number of ether oxygens (including phenoxy) is 2. The summed E-state index contributed by atoms with van der Waals surface area (Å²) < 4.78 is 10.4. The molecule has 2 rings (SSSR count). The van der Waals surface area contributed by atoms with E-state index in [9.17, 15) is 14.4 Å². The molecule has 1 aromatic rings. The quantitative estimate of drug-likeness (QED) is 0.490. The Bertz CT molecular complexity index is 680. The number of amides is 1. The minimum absolute atomic E-state index is 0.197. The second kappa shape index (κ2) is 8.55. The van der Waals surface area contributed by atoms with Gasteiger partial charge in [0.25, 0.3) is 0 Å². The standard InChI is InChI=1S/C21H29NO5/c1-20(2,3)27-19(25)22-17(15-11-7-5-8-12-15)21(18(24)26-4)14-10-6-9-13-16(21)23/h5,7-8,11-12,17H,6,9-10,13-14H2,1-4H3,(H,22,25)/t17-,21+/m1/s1. The number of carbonyl (C=O) groups excluding carboxylic acids is 3. The number of hydrogen-bond acceptors (Lipinski definition) is 5. The first-order valence-corrected chi connectivity index (χ1v) is 9.37. The number of rotatable bonds is 4. The molecule has 0 spiro atoms. The Hall–Kier alpha value is -2.37. The molecule has 1 amide bonds. The Kier molecular flexibility index (Phi) is 6.63. The number of Topliss-reactive ketones (excluding diaryl/α,β-unsaturated/α-hetero) is 1. The first kappa shape index (κ1) is 20.9. The number of ketones is 1. The molecule has 1 saturated carbocycles. The summed E-state index contributed by atoms with van der Waals surface area (Å²) in [7, 11) is 1.28. The van der Waals surface area contributed by atoms with Gasteiger partial charge in [-0.25, -0.2) is 4.79 Å².